The normalized spacial score (nSPS) is 30.4. The molecule has 1 saturated heterocycles. The molecule has 7 nitrogen and oxygen atoms in total. The van der Waals surface area contributed by atoms with Gasteiger partial charge in [-0.25, -0.2) is 8.42 Å². The molecule has 2 saturated carbocycles. The van der Waals surface area contributed by atoms with Crippen molar-refractivity contribution in [3.05, 3.63) is 18.2 Å². The van der Waals surface area contributed by atoms with Gasteiger partial charge in [-0.2, -0.15) is 0 Å². The lowest BCUT2D eigenvalue weighted by atomic mass is 9.47. The summed E-state index contributed by atoms with van der Waals surface area (Å²) in [6.45, 7) is 11.2. The zero-order valence-corrected chi connectivity index (χ0v) is 23.4. The van der Waals surface area contributed by atoms with Crippen molar-refractivity contribution >= 4 is 15.7 Å². The zero-order chi connectivity index (χ0) is 26.1. The molecule has 36 heavy (non-hydrogen) atoms. The van der Waals surface area contributed by atoms with Crippen LogP contribution in [0, 0.1) is 28.6 Å². The first-order valence-electron chi connectivity index (χ1n) is 13.4. The molecule has 1 aliphatic heterocycles. The topological polar surface area (TPSA) is 82.1 Å². The second-order valence-corrected chi connectivity index (χ2v) is 14.0. The third-order valence-electron chi connectivity index (χ3n) is 9.29. The van der Waals surface area contributed by atoms with Gasteiger partial charge in [0.05, 0.1) is 31.0 Å². The van der Waals surface area contributed by atoms with Gasteiger partial charge in [-0.3, -0.25) is 4.79 Å². The van der Waals surface area contributed by atoms with E-state index < -0.39 is 9.84 Å². The predicted octanol–water partition coefficient (Wildman–Crippen LogP) is 4.83. The number of sulfone groups is 1. The standard InChI is InChI=1S/C28H43NO6S.H2/c1-20-7-8-25-27(2,3)9-6-10-28(25,4)24(20)19-36(31,32)23-16-21(33-5)15-22(17-23)35-18-26(30)29-11-13-34-14-12-29;/h15-17,20,24-25H,6-14,18-19H2,1-5H3;1H/t20-,24-,25?,28+;/m0./s1. The Labute approximate surface area is 218 Å². The summed E-state index contributed by atoms with van der Waals surface area (Å²) in [5.41, 5.74) is 0.244. The van der Waals surface area contributed by atoms with Crippen LogP contribution < -0.4 is 9.47 Å². The molecule has 0 spiro atoms. The molecule has 2 aliphatic carbocycles. The Kier molecular flexibility index (Phi) is 7.96. The van der Waals surface area contributed by atoms with Crippen LogP contribution in [0.25, 0.3) is 0 Å². The highest BCUT2D eigenvalue weighted by atomic mass is 32.2. The number of rotatable bonds is 7. The molecule has 0 bridgehead atoms. The molecule has 4 rings (SSSR count). The second-order valence-electron chi connectivity index (χ2n) is 12.0. The summed E-state index contributed by atoms with van der Waals surface area (Å²) in [7, 11) is -2.10. The number of ether oxygens (including phenoxy) is 3. The lowest BCUT2D eigenvalue weighted by Crippen LogP contribution is -2.52. The summed E-state index contributed by atoms with van der Waals surface area (Å²) >= 11 is 0. The molecule has 3 fully saturated rings. The number of nitrogens with zero attached hydrogens (tertiary/aromatic N) is 1. The van der Waals surface area contributed by atoms with E-state index in [1.807, 2.05) is 0 Å². The van der Waals surface area contributed by atoms with E-state index in [1.54, 1.807) is 23.1 Å². The molecule has 1 heterocycles. The van der Waals surface area contributed by atoms with Crippen molar-refractivity contribution in [3.63, 3.8) is 0 Å². The molecular formula is C28H45NO6S. The Morgan fingerprint density at radius 1 is 1.11 bits per heavy atom. The maximum atomic E-state index is 13.8. The number of morpholine rings is 1. The van der Waals surface area contributed by atoms with Crippen LogP contribution in [0.3, 0.4) is 0 Å². The Morgan fingerprint density at radius 2 is 1.81 bits per heavy atom. The number of carbonyl (C=O) groups is 1. The molecule has 1 aromatic rings. The van der Waals surface area contributed by atoms with Gasteiger partial charge in [-0.15, -0.1) is 0 Å². The molecule has 0 N–H and O–H groups in total. The number of hydrogen-bond donors (Lipinski definition) is 0. The van der Waals surface area contributed by atoms with Gasteiger partial charge in [0.2, 0.25) is 0 Å². The van der Waals surface area contributed by atoms with E-state index >= 15 is 0 Å². The molecule has 3 aliphatic rings. The van der Waals surface area contributed by atoms with Gasteiger partial charge >= 0.3 is 0 Å². The van der Waals surface area contributed by atoms with Gasteiger partial charge in [0.15, 0.2) is 16.4 Å². The summed E-state index contributed by atoms with van der Waals surface area (Å²) in [5.74, 6) is 1.70. The largest absolute Gasteiger partial charge is 0.497 e. The van der Waals surface area contributed by atoms with Gasteiger partial charge in [0, 0.05) is 20.6 Å². The van der Waals surface area contributed by atoms with Crippen molar-refractivity contribution in [2.75, 3.05) is 45.8 Å². The first kappa shape index (κ1) is 27.2. The van der Waals surface area contributed by atoms with Gasteiger partial charge in [-0.05, 0) is 60.0 Å². The summed E-state index contributed by atoms with van der Waals surface area (Å²) in [4.78, 5) is 14.4. The molecule has 1 amide bonds. The quantitative estimate of drug-likeness (QED) is 0.509. The fourth-order valence-corrected chi connectivity index (χ4v) is 9.24. The smallest absolute Gasteiger partial charge is 0.260 e. The lowest BCUT2D eigenvalue weighted by Gasteiger charge is -2.59. The van der Waals surface area contributed by atoms with E-state index in [4.69, 9.17) is 14.2 Å². The van der Waals surface area contributed by atoms with Gasteiger partial charge in [-0.1, -0.05) is 40.5 Å². The molecule has 8 heteroatoms. The second kappa shape index (κ2) is 10.5. The molecule has 0 aromatic heterocycles. The molecule has 1 unspecified atom stereocenters. The number of fused-ring (bicyclic) bond motifs is 1. The Bertz CT molecular complexity index is 1050. The SMILES string of the molecule is COc1cc(OCC(=O)N2CCOCC2)cc(S(=O)(=O)C[C@H]2[C@@H](C)CCC3C(C)(C)CCC[C@@]32C)c1.[HH]. The number of carbonyl (C=O) groups excluding carboxylic acids is 1. The average Bonchev–Trinajstić information content (AvgIpc) is 2.84. The Hall–Kier alpha value is -1.80. The number of hydrogen-bond acceptors (Lipinski definition) is 6. The molecule has 4 atom stereocenters. The van der Waals surface area contributed by atoms with Gasteiger partial charge in [0.25, 0.3) is 5.91 Å². The Morgan fingerprint density at radius 3 is 2.50 bits per heavy atom. The first-order chi connectivity index (χ1) is 17.0. The molecule has 1 aromatic carbocycles. The highest BCUT2D eigenvalue weighted by molar-refractivity contribution is 7.91. The summed E-state index contributed by atoms with van der Waals surface area (Å²) in [6.07, 6.45) is 5.69. The minimum Gasteiger partial charge on any atom is -0.497 e. The predicted molar refractivity (Wildman–Crippen MR) is 141 cm³/mol. The van der Waals surface area contributed by atoms with Crippen molar-refractivity contribution in [2.45, 2.75) is 64.7 Å². The number of benzene rings is 1. The first-order valence-corrected chi connectivity index (χ1v) is 15.0. The van der Waals surface area contributed by atoms with Crippen molar-refractivity contribution < 1.29 is 28.8 Å². The van der Waals surface area contributed by atoms with Crippen molar-refractivity contribution in [1.29, 1.82) is 0 Å². The minimum absolute atomic E-state index is 0. The van der Waals surface area contributed by atoms with Crippen LogP contribution >= 0.6 is 0 Å². The van der Waals surface area contributed by atoms with E-state index in [2.05, 4.69) is 27.7 Å². The summed E-state index contributed by atoms with van der Waals surface area (Å²) in [6, 6.07) is 4.75. The molecular weight excluding hydrogens is 478 g/mol. The fourth-order valence-electron chi connectivity index (χ4n) is 7.27. The average molecular weight is 524 g/mol. The maximum Gasteiger partial charge on any atom is 0.260 e. The summed E-state index contributed by atoms with van der Waals surface area (Å²) in [5, 5.41) is 0. The Balaban J connectivity index is 0.00000380. The van der Waals surface area contributed by atoms with Crippen LogP contribution in [-0.2, 0) is 19.4 Å². The van der Waals surface area contributed by atoms with Gasteiger partial charge in [0.1, 0.15) is 11.5 Å². The van der Waals surface area contributed by atoms with Gasteiger partial charge < -0.3 is 19.1 Å². The lowest BCUT2D eigenvalue weighted by molar-refractivity contribution is -0.137. The molecule has 0 radical (unpaired) electrons. The van der Waals surface area contributed by atoms with Crippen molar-refractivity contribution in [3.8, 4) is 11.5 Å². The zero-order valence-electron chi connectivity index (χ0n) is 22.5. The van der Waals surface area contributed by atoms with Crippen LogP contribution in [0.2, 0.25) is 0 Å². The highest BCUT2D eigenvalue weighted by Crippen LogP contribution is 2.61. The fraction of sp³-hybridized carbons (Fsp3) is 0.750. The summed E-state index contributed by atoms with van der Waals surface area (Å²) < 4.78 is 44.1. The van der Waals surface area contributed by atoms with Crippen molar-refractivity contribution in [2.24, 2.45) is 28.6 Å². The van der Waals surface area contributed by atoms with E-state index in [-0.39, 0.29) is 41.3 Å². The third-order valence-corrected chi connectivity index (χ3v) is 11.0. The third kappa shape index (κ3) is 5.54. The van der Waals surface area contributed by atoms with Crippen LogP contribution in [0.1, 0.15) is 61.2 Å². The van der Waals surface area contributed by atoms with E-state index in [0.29, 0.717) is 49.6 Å². The monoisotopic (exact) mass is 523 g/mol. The number of amides is 1. The van der Waals surface area contributed by atoms with Crippen LogP contribution in [0.4, 0.5) is 0 Å². The van der Waals surface area contributed by atoms with Crippen LogP contribution in [0.5, 0.6) is 11.5 Å². The van der Waals surface area contributed by atoms with Crippen LogP contribution in [-0.4, -0.2) is 65.0 Å². The van der Waals surface area contributed by atoms with Crippen molar-refractivity contribution in [1.82, 2.24) is 4.90 Å². The minimum atomic E-state index is -3.60. The maximum absolute atomic E-state index is 13.8. The van der Waals surface area contributed by atoms with E-state index in [0.717, 1.165) is 19.3 Å². The highest BCUT2D eigenvalue weighted by Gasteiger charge is 2.54. The van der Waals surface area contributed by atoms with E-state index in [1.165, 1.54) is 20.0 Å². The van der Waals surface area contributed by atoms with Crippen LogP contribution in [0.15, 0.2) is 23.1 Å². The molecule has 204 valence electrons. The van der Waals surface area contributed by atoms with E-state index in [9.17, 15) is 13.2 Å². The number of methoxy groups -OCH3 is 1.